The lowest BCUT2D eigenvalue weighted by Crippen LogP contribution is -2.10. The van der Waals surface area contributed by atoms with Gasteiger partial charge in [0.1, 0.15) is 5.82 Å². The monoisotopic (exact) mass is 275 g/mol. The van der Waals surface area contributed by atoms with Crippen LogP contribution in [0.2, 0.25) is 0 Å². The van der Waals surface area contributed by atoms with E-state index in [4.69, 9.17) is 0 Å². The molecule has 0 saturated heterocycles. The van der Waals surface area contributed by atoms with E-state index in [1.165, 1.54) is 11.3 Å². The van der Waals surface area contributed by atoms with Crippen molar-refractivity contribution in [1.82, 2.24) is 4.98 Å². The number of amides is 1. The van der Waals surface area contributed by atoms with Crippen LogP contribution in [0.25, 0.3) is 0 Å². The molecule has 0 fully saturated rings. The van der Waals surface area contributed by atoms with Crippen LogP contribution in [0, 0.1) is 0 Å². The van der Waals surface area contributed by atoms with E-state index < -0.39 is 0 Å². The summed E-state index contributed by atoms with van der Waals surface area (Å²) in [7, 11) is 0. The van der Waals surface area contributed by atoms with E-state index in [9.17, 15) is 4.79 Å². The van der Waals surface area contributed by atoms with Gasteiger partial charge in [0.25, 0.3) is 5.91 Å². The second-order valence-electron chi connectivity index (χ2n) is 4.14. The third kappa shape index (κ3) is 4.06. The summed E-state index contributed by atoms with van der Waals surface area (Å²) >= 11 is 1.42. The molecule has 19 heavy (non-hydrogen) atoms. The summed E-state index contributed by atoms with van der Waals surface area (Å²) in [5.74, 6) is 0.742. The highest BCUT2D eigenvalue weighted by molar-refractivity contribution is 7.12. The molecule has 0 aliphatic rings. The van der Waals surface area contributed by atoms with Crippen molar-refractivity contribution >= 4 is 28.7 Å². The van der Waals surface area contributed by atoms with E-state index in [0.717, 1.165) is 25.2 Å². The van der Waals surface area contributed by atoms with Gasteiger partial charge in [-0.2, -0.15) is 0 Å². The van der Waals surface area contributed by atoms with E-state index in [1.807, 2.05) is 23.6 Å². The van der Waals surface area contributed by atoms with Gasteiger partial charge in [0.15, 0.2) is 0 Å². The van der Waals surface area contributed by atoms with Crippen LogP contribution < -0.4 is 10.6 Å². The number of rotatable bonds is 6. The molecule has 0 aromatic carbocycles. The summed E-state index contributed by atoms with van der Waals surface area (Å²) in [6.45, 7) is 3.07. The Kier molecular flexibility index (Phi) is 4.92. The second kappa shape index (κ2) is 6.89. The molecule has 0 radical (unpaired) electrons. The fraction of sp³-hybridized carbons (Fsp3) is 0.286. The predicted octanol–water partition coefficient (Wildman–Crippen LogP) is 3.61. The molecule has 0 unspecified atom stereocenters. The molecule has 2 aromatic rings. The fourth-order valence-corrected chi connectivity index (χ4v) is 2.19. The summed E-state index contributed by atoms with van der Waals surface area (Å²) in [4.78, 5) is 16.8. The Balaban J connectivity index is 1.90. The molecule has 0 aliphatic heterocycles. The largest absolute Gasteiger partial charge is 0.370 e. The number of aromatic nitrogens is 1. The summed E-state index contributed by atoms with van der Waals surface area (Å²) in [5, 5.41) is 7.93. The maximum atomic E-state index is 11.8. The number of anilines is 2. The van der Waals surface area contributed by atoms with Crippen molar-refractivity contribution in [3.05, 3.63) is 40.7 Å². The van der Waals surface area contributed by atoms with E-state index in [1.54, 1.807) is 12.3 Å². The highest BCUT2D eigenvalue weighted by Gasteiger charge is 2.06. The molecule has 2 heterocycles. The number of pyridine rings is 1. The van der Waals surface area contributed by atoms with Gasteiger partial charge in [0.2, 0.25) is 0 Å². The Labute approximate surface area is 116 Å². The Morgan fingerprint density at radius 2 is 2.26 bits per heavy atom. The lowest BCUT2D eigenvalue weighted by atomic mass is 10.3. The summed E-state index contributed by atoms with van der Waals surface area (Å²) in [5.41, 5.74) is 0.708. The summed E-state index contributed by atoms with van der Waals surface area (Å²) in [6, 6.07) is 7.39. The maximum absolute atomic E-state index is 11.8. The Morgan fingerprint density at radius 3 is 2.89 bits per heavy atom. The van der Waals surface area contributed by atoms with Crippen molar-refractivity contribution < 1.29 is 4.79 Å². The van der Waals surface area contributed by atoms with Gasteiger partial charge < -0.3 is 10.6 Å². The molecule has 2 aromatic heterocycles. The van der Waals surface area contributed by atoms with Crippen molar-refractivity contribution in [2.24, 2.45) is 0 Å². The van der Waals surface area contributed by atoms with Gasteiger partial charge in [-0.25, -0.2) is 4.98 Å². The minimum Gasteiger partial charge on any atom is -0.370 e. The zero-order chi connectivity index (χ0) is 13.5. The number of nitrogens with one attached hydrogen (secondary N) is 2. The van der Waals surface area contributed by atoms with Gasteiger partial charge >= 0.3 is 0 Å². The van der Waals surface area contributed by atoms with Crippen LogP contribution in [0.3, 0.4) is 0 Å². The van der Waals surface area contributed by atoms with Crippen LogP contribution in [0.4, 0.5) is 11.5 Å². The van der Waals surface area contributed by atoms with Gasteiger partial charge in [-0.1, -0.05) is 19.4 Å². The van der Waals surface area contributed by atoms with E-state index in [0.29, 0.717) is 10.6 Å². The quantitative estimate of drug-likeness (QED) is 0.792. The van der Waals surface area contributed by atoms with E-state index in [-0.39, 0.29) is 5.91 Å². The van der Waals surface area contributed by atoms with Crippen molar-refractivity contribution in [2.45, 2.75) is 19.8 Å². The normalized spacial score (nSPS) is 10.2. The molecule has 2 rings (SSSR count). The molecule has 4 nitrogen and oxygen atoms in total. The second-order valence-corrected chi connectivity index (χ2v) is 5.09. The highest BCUT2D eigenvalue weighted by atomic mass is 32.1. The Hall–Kier alpha value is -1.88. The van der Waals surface area contributed by atoms with Crippen LogP contribution in [-0.4, -0.2) is 17.4 Å². The number of thiophene rings is 1. The molecule has 2 N–H and O–H groups in total. The van der Waals surface area contributed by atoms with Gasteiger partial charge in [-0.05, 0) is 30.0 Å². The third-order valence-electron chi connectivity index (χ3n) is 2.60. The van der Waals surface area contributed by atoms with E-state index >= 15 is 0 Å². The lowest BCUT2D eigenvalue weighted by molar-refractivity contribution is 0.103. The molecule has 0 spiro atoms. The first-order chi connectivity index (χ1) is 9.29. The standard InChI is InChI=1S/C14H17N3OS/c1-2-3-8-15-13-7-6-11(10-16-13)17-14(18)12-5-4-9-19-12/h4-7,9-10H,2-3,8H2,1H3,(H,15,16)(H,17,18). The minimum absolute atomic E-state index is 0.0940. The smallest absolute Gasteiger partial charge is 0.265 e. The van der Waals surface area contributed by atoms with E-state index in [2.05, 4.69) is 22.5 Å². The third-order valence-corrected chi connectivity index (χ3v) is 3.47. The molecular formula is C14H17N3OS. The zero-order valence-corrected chi connectivity index (χ0v) is 11.7. The highest BCUT2D eigenvalue weighted by Crippen LogP contribution is 2.14. The minimum atomic E-state index is -0.0940. The van der Waals surface area contributed by atoms with Gasteiger partial charge in [-0.3, -0.25) is 4.79 Å². The summed E-state index contributed by atoms with van der Waals surface area (Å²) in [6.07, 6.45) is 3.94. The number of hydrogen-bond donors (Lipinski definition) is 2. The number of unbranched alkanes of at least 4 members (excludes halogenated alkanes) is 1. The first-order valence-electron chi connectivity index (χ1n) is 6.34. The molecule has 100 valence electrons. The van der Waals surface area contributed by atoms with Gasteiger partial charge in [0.05, 0.1) is 16.8 Å². The zero-order valence-electron chi connectivity index (χ0n) is 10.8. The SMILES string of the molecule is CCCCNc1ccc(NC(=O)c2cccs2)cn1. The first-order valence-corrected chi connectivity index (χ1v) is 7.22. The Bertz CT molecular complexity index is 508. The number of carbonyl (C=O) groups excluding carboxylic acids is 1. The molecular weight excluding hydrogens is 258 g/mol. The Morgan fingerprint density at radius 1 is 1.37 bits per heavy atom. The molecule has 0 saturated carbocycles. The maximum Gasteiger partial charge on any atom is 0.265 e. The van der Waals surface area contributed by atoms with Crippen LogP contribution in [-0.2, 0) is 0 Å². The first kappa shape index (κ1) is 13.5. The number of carbonyl (C=O) groups is 1. The van der Waals surface area contributed by atoms with Crippen molar-refractivity contribution in [3.8, 4) is 0 Å². The van der Waals surface area contributed by atoms with Crippen molar-refractivity contribution in [1.29, 1.82) is 0 Å². The average Bonchev–Trinajstić information content (AvgIpc) is 2.95. The van der Waals surface area contributed by atoms with Gasteiger partial charge in [0, 0.05) is 6.54 Å². The van der Waals surface area contributed by atoms with Crippen molar-refractivity contribution in [2.75, 3.05) is 17.2 Å². The van der Waals surface area contributed by atoms with Crippen LogP contribution >= 0.6 is 11.3 Å². The average molecular weight is 275 g/mol. The number of hydrogen-bond acceptors (Lipinski definition) is 4. The fourth-order valence-electron chi connectivity index (χ4n) is 1.57. The van der Waals surface area contributed by atoms with Gasteiger partial charge in [-0.15, -0.1) is 11.3 Å². The molecule has 5 heteroatoms. The van der Waals surface area contributed by atoms with Crippen LogP contribution in [0.15, 0.2) is 35.8 Å². The van der Waals surface area contributed by atoms with Crippen molar-refractivity contribution in [3.63, 3.8) is 0 Å². The van der Waals surface area contributed by atoms with Crippen LogP contribution in [0.5, 0.6) is 0 Å². The molecule has 0 aliphatic carbocycles. The predicted molar refractivity (Wildman–Crippen MR) is 79.9 cm³/mol. The molecule has 0 bridgehead atoms. The molecule has 1 amide bonds. The lowest BCUT2D eigenvalue weighted by Gasteiger charge is -2.06. The summed E-state index contributed by atoms with van der Waals surface area (Å²) < 4.78 is 0. The number of nitrogens with zero attached hydrogens (tertiary/aromatic N) is 1. The topological polar surface area (TPSA) is 54.0 Å². The molecule has 0 atom stereocenters. The van der Waals surface area contributed by atoms with Crippen LogP contribution in [0.1, 0.15) is 29.4 Å².